The number of aromatic hydroxyl groups is 1. The van der Waals surface area contributed by atoms with Gasteiger partial charge in [0.15, 0.2) is 0 Å². The van der Waals surface area contributed by atoms with Crippen LogP contribution in [0.25, 0.3) is 17.3 Å². The second-order valence-electron chi connectivity index (χ2n) is 5.55. The zero-order valence-corrected chi connectivity index (χ0v) is 14.0. The number of aromatic nitrogens is 2. The van der Waals surface area contributed by atoms with Crippen molar-refractivity contribution in [3.8, 4) is 17.0 Å². The Morgan fingerprint density at radius 2 is 1.88 bits per heavy atom. The van der Waals surface area contributed by atoms with Crippen LogP contribution in [0.15, 0.2) is 67.0 Å². The summed E-state index contributed by atoms with van der Waals surface area (Å²) in [6, 6.07) is 15.3. The lowest BCUT2D eigenvalue weighted by Gasteiger charge is -2.06. The van der Waals surface area contributed by atoms with Crippen LogP contribution in [0.3, 0.4) is 0 Å². The van der Waals surface area contributed by atoms with E-state index >= 15 is 0 Å². The van der Waals surface area contributed by atoms with E-state index in [9.17, 15) is 5.11 Å². The van der Waals surface area contributed by atoms with Crippen LogP contribution in [0, 0.1) is 0 Å². The second-order valence-corrected chi connectivity index (χ2v) is 5.96. The van der Waals surface area contributed by atoms with Gasteiger partial charge in [-0.05, 0) is 35.8 Å². The van der Waals surface area contributed by atoms with Crippen molar-refractivity contribution in [2.24, 2.45) is 0 Å². The molecule has 0 aliphatic carbocycles. The van der Waals surface area contributed by atoms with Gasteiger partial charge < -0.3 is 5.11 Å². The second kappa shape index (κ2) is 7.28. The maximum atomic E-state index is 9.52. The molecule has 3 rings (SSSR count). The third-order valence-electron chi connectivity index (χ3n) is 3.78. The number of phenolic OH excluding ortho intramolecular Hbond substituents is 1. The van der Waals surface area contributed by atoms with Crippen molar-refractivity contribution in [1.82, 2.24) is 9.97 Å². The predicted octanol–water partition coefficient (Wildman–Crippen LogP) is 5.32. The minimum atomic E-state index is 0.0566. The number of rotatable bonds is 4. The molecule has 0 aliphatic heterocycles. The summed E-state index contributed by atoms with van der Waals surface area (Å²) in [7, 11) is 0. The quantitative estimate of drug-likeness (QED) is 0.701. The van der Waals surface area contributed by atoms with Crippen LogP contribution in [-0.2, 0) is 0 Å². The molecule has 120 valence electrons. The lowest BCUT2D eigenvalue weighted by atomic mass is 10.0. The fourth-order valence-electron chi connectivity index (χ4n) is 2.38. The molecule has 1 N–H and O–H groups in total. The van der Waals surface area contributed by atoms with Gasteiger partial charge in [0, 0.05) is 5.56 Å². The highest BCUT2D eigenvalue weighted by molar-refractivity contribution is 6.32. The number of hydrogen-bond donors (Lipinski definition) is 1. The lowest BCUT2D eigenvalue weighted by molar-refractivity contribution is 0.475. The highest BCUT2D eigenvalue weighted by Crippen LogP contribution is 2.28. The Kier molecular flexibility index (Phi) is 4.92. The molecular formula is C20H17ClN2O. The molecule has 3 aromatic rings. The smallest absolute Gasteiger partial charge is 0.134 e. The Morgan fingerprint density at radius 3 is 2.62 bits per heavy atom. The molecule has 0 radical (unpaired) electrons. The SMILES string of the molecule is C[C@H](/C=C/c1cncc(-c2ccc(O)c(Cl)c2)n1)c1ccccc1. The molecule has 0 amide bonds. The van der Waals surface area contributed by atoms with Crippen LogP contribution in [0.5, 0.6) is 5.75 Å². The molecule has 0 fully saturated rings. The van der Waals surface area contributed by atoms with Gasteiger partial charge in [-0.15, -0.1) is 0 Å². The minimum Gasteiger partial charge on any atom is -0.506 e. The largest absolute Gasteiger partial charge is 0.506 e. The molecule has 2 aromatic carbocycles. The van der Waals surface area contributed by atoms with Gasteiger partial charge in [0.2, 0.25) is 0 Å². The summed E-state index contributed by atoms with van der Waals surface area (Å²) in [5, 5.41) is 9.82. The van der Waals surface area contributed by atoms with Gasteiger partial charge in [0.05, 0.1) is 28.8 Å². The Balaban J connectivity index is 1.83. The average Bonchev–Trinajstić information content (AvgIpc) is 2.63. The zero-order valence-electron chi connectivity index (χ0n) is 13.2. The summed E-state index contributed by atoms with van der Waals surface area (Å²) < 4.78 is 0. The Bertz CT molecular complexity index is 863. The van der Waals surface area contributed by atoms with Crippen molar-refractivity contribution in [1.29, 1.82) is 0 Å². The van der Waals surface area contributed by atoms with Crippen LogP contribution in [0.2, 0.25) is 5.02 Å². The number of nitrogens with zero attached hydrogens (tertiary/aromatic N) is 2. The maximum Gasteiger partial charge on any atom is 0.134 e. The number of phenols is 1. The van der Waals surface area contributed by atoms with Crippen molar-refractivity contribution in [3.05, 3.63) is 83.3 Å². The molecule has 0 saturated heterocycles. The molecule has 1 aromatic heterocycles. The lowest BCUT2D eigenvalue weighted by Crippen LogP contribution is -1.91. The van der Waals surface area contributed by atoms with E-state index in [-0.39, 0.29) is 5.75 Å². The minimum absolute atomic E-state index is 0.0566. The van der Waals surface area contributed by atoms with Crippen molar-refractivity contribution in [2.75, 3.05) is 0 Å². The Hall–Kier alpha value is -2.65. The Labute approximate surface area is 146 Å². The van der Waals surface area contributed by atoms with Gasteiger partial charge in [-0.25, -0.2) is 4.98 Å². The summed E-state index contributed by atoms with van der Waals surface area (Å²) in [6.07, 6.45) is 7.48. The monoisotopic (exact) mass is 336 g/mol. The summed E-state index contributed by atoms with van der Waals surface area (Å²) in [4.78, 5) is 8.83. The van der Waals surface area contributed by atoms with Gasteiger partial charge in [-0.1, -0.05) is 54.9 Å². The van der Waals surface area contributed by atoms with Crippen LogP contribution < -0.4 is 0 Å². The zero-order chi connectivity index (χ0) is 16.9. The van der Waals surface area contributed by atoms with Gasteiger partial charge in [0.25, 0.3) is 0 Å². The molecule has 0 aliphatic rings. The van der Waals surface area contributed by atoms with Crippen LogP contribution in [0.1, 0.15) is 24.1 Å². The van der Waals surface area contributed by atoms with Crippen LogP contribution >= 0.6 is 11.6 Å². The maximum absolute atomic E-state index is 9.52. The van der Waals surface area contributed by atoms with E-state index in [4.69, 9.17) is 11.6 Å². The van der Waals surface area contributed by atoms with E-state index in [0.29, 0.717) is 16.6 Å². The summed E-state index contributed by atoms with van der Waals surface area (Å²) in [6.45, 7) is 2.14. The standard InChI is InChI=1S/C20H17ClN2O/c1-14(15-5-3-2-4-6-15)7-9-17-12-22-13-19(23-17)16-8-10-20(24)18(21)11-16/h2-14,24H,1H3/b9-7+/t14-/m1/s1. The topological polar surface area (TPSA) is 46.0 Å². The van der Waals surface area contributed by atoms with E-state index in [1.54, 1.807) is 30.6 Å². The Morgan fingerprint density at radius 1 is 1.08 bits per heavy atom. The van der Waals surface area contributed by atoms with Gasteiger partial charge in [0.1, 0.15) is 5.75 Å². The van der Waals surface area contributed by atoms with Gasteiger partial charge in [-0.3, -0.25) is 4.98 Å². The summed E-state index contributed by atoms with van der Waals surface area (Å²) in [5.41, 5.74) is 3.56. The van der Waals surface area contributed by atoms with Crippen molar-refractivity contribution in [3.63, 3.8) is 0 Å². The molecule has 24 heavy (non-hydrogen) atoms. The highest BCUT2D eigenvalue weighted by Gasteiger charge is 2.05. The van der Waals surface area contributed by atoms with E-state index in [0.717, 1.165) is 11.3 Å². The first-order chi connectivity index (χ1) is 11.6. The number of allylic oxidation sites excluding steroid dienone is 1. The third-order valence-corrected chi connectivity index (χ3v) is 4.08. The van der Waals surface area contributed by atoms with Crippen molar-refractivity contribution in [2.45, 2.75) is 12.8 Å². The molecule has 0 spiro atoms. The molecule has 3 nitrogen and oxygen atoms in total. The first-order valence-electron chi connectivity index (χ1n) is 7.67. The van der Waals surface area contributed by atoms with E-state index in [1.165, 1.54) is 5.56 Å². The fraction of sp³-hybridized carbons (Fsp3) is 0.100. The number of halogens is 1. The molecule has 0 saturated carbocycles. The predicted molar refractivity (Wildman–Crippen MR) is 98.0 cm³/mol. The normalized spacial score (nSPS) is 12.4. The van der Waals surface area contributed by atoms with Gasteiger partial charge >= 0.3 is 0 Å². The molecule has 0 bridgehead atoms. The van der Waals surface area contributed by atoms with Crippen molar-refractivity contribution < 1.29 is 5.11 Å². The third kappa shape index (κ3) is 3.81. The van der Waals surface area contributed by atoms with E-state index in [2.05, 4.69) is 35.1 Å². The van der Waals surface area contributed by atoms with E-state index in [1.807, 2.05) is 24.3 Å². The summed E-state index contributed by atoms with van der Waals surface area (Å²) >= 11 is 5.96. The molecule has 1 atom stereocenters. The fourth-order valence-corrected chi connectivity index (χ4v) is 2.56. The average molecular weight is 337 g/mol. The van der Waals surface area contributed by atoms with Crippen LogP contribution in [-0.4, -0.2) is 15.1 Å². The molecule has 4 heteroatoms. The van der Waals surface area contributed by atoms with Crippen LogP contribution in [0.4, 0.5) is 0 Å². The summed E-state index contributed by atoms with van der Waals surface area (Å²) in [5.74, 6) is 0.348. The number of benzene rings is 2. The molecular weight excluding hydrogens is 320 g/mol. The number of hydrogen-bond acceptors (Lipinski definition) is 3. The van der Waals surface area contributed by atoms with Crippen molar-refractivity contribution >= 4 is 17.7 Å². The first kappa shape index (κ1) is 16.2. The first-order valence-corrected chi connectivity index (χ1v) is 8.05. The van der Waals surface area contributed by atoms with E-state index < -0.39 is 0 Å². The molecule has 1 heterocycles. The highest BCUT2D eigenvalue weighted by atomic mass is 35.5. The molecule has 0 unspecified atom stereocenters. The van der Waals surface area contributed by atoms with Gasteiger partial charge in [-0.2, -0.15) is 0 Å².